The van der Waals surface area contributed by atoms with Crippen LogP contribution in [0.4, 0.5) is 5.69 Å². The first-order valence-corrected chi connectivity index (χ1v) is 7.29. The molecular weight excluding hydrogens is 322 g/mol. The highest BCUT2D eigenvalue weighted by Crippen LogP contribution is 2.22. The van der Waals surface area contributed by atoms with Gasteiger partial charge in [0.2, 0.25) is 0 Å². The van der Waals surface area contributed by atoms with Crippen molar-refractivity contribution < 1.29 is 0 Å². The molecule has 2 heterocycles. The Labute approximate surface area is 125 Å². The molecule has 0 spiro atoms. The summed E-state index contributed by atoms with van der Waals surface area (Å²) in [6.07, 6.45) is 5.24. The van der Waals surface area contributed by atoms with Gasteiger partial charge in [0.1, 0.15) is 4.47 Å². The molecule has 2 rings (SSSR count). The highest BCUT2D eigenvalue weighted by Gasteiger charge is 2.13. The fraction of sp³-hybridized carbons (Fsp3) is 0.462. The summed E-state index contributed by atoms with van der Waals surface area (Å²) in [5.74, 6) is 0.371. The number of aromatic nitrogens is 4. The van der Waals surface area contributed by atoms with Gasteiger partial charge in [0.05, 0.1) is 24.1 Å². The Kier molecular flexibility index (Phi) is 4.59. The van der Waals surface area contributed by atoms with Crippen molar-refractivity contribution in [3.63, 3.8) is 0 Å². The highest BCUT2D eigenvalue weighted by atomic mass is 79.9. The average Bonchev–Trinajstić information content (AvgIpc) is 2.92. The quantitative estimate of drug-likeness (QED) is 0.877. The van der Waals surface area contributed by atoms with Crippen LogP contribution in [0.2, 0.25) is 0 Å². The lowest BCUT2D eigenvalue weighted by atomic mass is 10.2. The minimum atomic E-state index is -0.122. The third-order valence-electron chi connectivity index (χ3n) is 2.91. The summed E-state index contributed by atoms with van der Waals surface area (Å²) in [6, 6.07) is 0.0344. The first-order valence-electron chi connectivity index (χ1n) is 6.50. The SMILES string of the molecule is CC(C)Cn1ncc(NC(C)c2cn[nH]c2)c(Br)c1=O. The second kappa shape index (κ2) is 6.21. The summed E-state index contributed by atoms with van der Waals surface area (Å²) in [5.41, 5.74) is 1.58. The number of aromatic amines is 1. The highest BCUT2D eigenvalue weighted by molar-refractivity contribution is 9.10. The Morgan fingerprint density at radius 2 is 2.15 bits per heavy atom. The van der Waals surface area contributed by atoms with Crippen LogP contribution in [-0.2, 0) is 6.54 Å². The van der Waals surface area contributed by atoms with Crippen molar-refractivity contribution in [1.29, 1.82) is 0 Å². The van der Waals surface area contributed by atoms with Crippen molar-refractivity contribution in [2.45, 2.75) is 33.4 Å². The van der Waals surface area contributed by atoms with E-state index < -0.39 is 0 Å². The standard InChI is InChI=1S/C13H18BrN5O/c1-8(2)7-19-13(20)12(14)11(6-17-19)18-9(3)10-4-15-16-5-10/h4-6,8-9,18H,7H2,1-3H3,(H,15,16). The van der Waals surface area contributed by atoms with Crippen LogP contribution >= 0.6 is 15.9 Å². The zero-order chi connectivity index (χ0) is 14.7. The Hall–Kier alpha value is -1.63. The molecule has 20 heavy (non-hydrogen) atoms. The van der Waals surface area contributed by atoms with Crippen LogP contribution < -0.4 is 10.9 Å². The summed E-state index contributed by atoms with van der Waals surface area (Å²) in [6.45, 7) is 6.70. The smallest absolute Gasteiger partial charge is 0.283 e. The van der Waals surface area contributed by atoms with Gasteiger partial charge in [-0.1, -0.05) is 13.8 Å². The lowest BCUT2D eigenvalue weighted by Crippen LogP contribution is -2.26. The Bertz CT molecular complexity index is 620. The van der Waals surface area contributed by atoms with Crippen LogP contribution in [0.5, 0.6) is 0 Å². The molecule has 2 aromatic heterocycles. The number of nitrogens with one attached hydrogen (secondary N) is 2. The van der Waals surface area contributed by atoms with Gasteiger partial charge in [-0.2, -0.15) is 10.2 Å². The van der Waals surface area contributed by atoms with Gasteiger partial charge in [0, 0.05) is 18.3 Å². The van der Waals surface area contributed by atoms with E-state index in [-0.39, 0.29) is 11.6 Å². The van der Waals surface area contributed by atoms with E-state index in [9.17, 15) is 4.79 Å². The van der Waals surface area contributed by atoms with Crippen LogP contribution in [-0.4, -0.2) is 20.0 Å². The van der Waals surface area contributed by atoms with Gasteiger partial charge in [-0.3, -0.25) is 9.89 Å². The molecule has 2 N–H and O–H groups in total. The molecule has 7 heteroatoms. The molecule has 0 amide bonds. The topological polar surface area (TPSA) is 75.6 Å². The fourth-order valence-electron chi connectivity index (χ4n) is 1.86. The lowest BCUT2D eigenvalue weighted by Gasteiger charge is -2.15. The van der Waals surface area contributed by atoms with Gasteiger partial charge in [-0.25, -0.2) is 4.68 Å². The normalized spacial score (nSPS) is 12.7. The van der Waals surface area contributed by atoms with Crippen molar-refractivity contribution in [2.75, 3.05) is 5.32 Å². The van der Waals surface area contributed by atoms with Gasteiger partial charge in [0.25, 0.3) is 5.56 Å². The van der Waals surface area contributed by atoms with Crippen LogP contribution in [0.1, 0.15) is 32.4 Å². The number of H-pyrrole nitrogens is 1. The van der Waals surface area contributed by atoms with E-state index in [2.05, 4.69) is 50.4 Å². The van der Waals surface area contributed by atoms with Crippen LogP contribution in [0.15, 0.2) is 27.9 Å². The largest absolute Gasteiger partial charge is 0.376 e. The number of rotatable bonds is 5. The molecule has 2 aromatic rings. The number of halogens is 1. The Morgan fingerprint density at radius 3 is 2.75 bits per heavy atom. The van der Waals surface area contributed by atoms with E-state index in [0.717, 1.165) is 5.56 Å². The molecule has 1 atom stereocenters. The van der Waals surface area contributed by atoms with Crippen LogP contribution in [0, 0.1) is 5.92 Å². The van der Waals surface area contributed by atoms with Crippen LogP contribution in [0.25, 0.3) is 0 Å². The van der Waals surface area contributed by atoms with E-state index in [1.807, 2.05) is 13.1 Å². The minimum Gasteiger partial charge on any atom is -0.376 e. The van der Waals surface area contributed by atoms with Gasteiger partial charge in [-0.15, -0.1) is 0 Å². The molecule has 0 aromatic carbocycles. The van der Waals surface area contributed by atoms with Gasteiger partial charge in [-0.05, 0) is 28.8 Å². The molecule has 0 aliphatic heterocycles. The summed E-state index contributed by atoms with van der Waals surface area (Å²) < 4.78 is 1.98. The Balaban J connectivity index is 2.21. The van der Waals surface area contributed by atoms with Crippen molar-refractivity contribution in [1.82, 2.24) is 20.0 Å². The molecular formula is C13H18BrN5O. The first kappa shape index (κ1) is 14.8. The molecule has 108 valence electrons. The molecule has 0 fully saturated rings. The summed E-state index contributed by atoms with van der Waals surface area (Å²) >= 11 is 3.35. The van der Waals surface area contributed by atoms with Gasteiger partial charge in [0.15, 0.2) is 0 Å². The van der Waals surface area contributed by atoms with Gasteiger partial charge >= 0.3 is 0 Å². The second-order valence-electron chi connectivity index (χ2n) is 5.15. The molecule has 0 aliphatic carbocycles. The van der Waals surface area contributed by atoms with E-state index >= 15 is 0 Å². The van der Waals surface area contributed by atoms with E-state index in [0.29, 0.717) is 22.6 Å². The zero-order valence-corrected chi connectivity index (χ0v) is 13.3. The Morgan fingerprint density at radius 1 is 1.40 bits per heavy atom. The summed E-state index contributed by atoms with van der Waals surface area (Å²) in [4.78, 5) is 12.2. The number of hydrogen-bond acceptors (Lipinski definition) is 4. The summed E-state index contributed by atoms with van der Waals surface area (Å²) in [5, 5.41) is 14.1. The molecule has 0 radical (unpaired) electrons. The predicted molar refractivity (Wildman–Crippen MR) is 81.7 cm³/mol. The molecule has 6 nitrogen and oxygen atoms in total. The lowest BCUT2D eigenvalue weighted by molar-refractivity contribution is 0.462. The van der Waals surface area contributed by atoms with Crippen molar-refractivity contribution in [3.8, 4) is 0 Å². The monoisotopic (exact) mass is 339 g/mol. The second-order valence-corrected chi connectivity index (χ2v) is 5.94. The average molecular weight is 340 g/mol. The number of anilines is 1. The van der Waals surface area contributed by atoms with E-state index in [1.165, 1.54) is 4.68 Å². The first-order chi connectivity index (χ1) is 9.49. The molecule has 1 unspecified atom stereocenters. The van der Waals surface area contributed by atoms with Crippen molar-refractivity contribution >= 4 is 21.6 Å². The fourth-order valence-corrected chi connectivity index (χ4v) is 2.28. The molecule has 0 saturated heterocycles. The molecule has 0 bridgehead atoms. The number of hydrogen-bond donors (Lipinski definition) is 2. The molecule has 0 aliphatic rings. The maximum absolute atomic E-state index is 12.2. The summed E-state index contributed by atoms with van der Waals surface area (Å²) in [7, 11) is 0. The van der Waals surface area contributed by atoms with E-state index in [1.54, 1.807) is 12.4 Å². The van der Waals surface area contributed by atoms with Gasteiger partial charge < -0.3 is 5.32 Å². The number of nitrogens with zero attached hydrogens (tertiary/aromatic N) is 3. The maximum atomic E-state index is 12.2. The molecule has 0 saturated carbocycles. The zero-order valence-electron chi connectivity index (χ0n) is 11.7. The van der Waals surface area contributed by atoms with Crippen molar-refractivity contribution in [2.24, 2.45) is 5.92 Å². The third kappa shape index (κ3) is 3.27. The maximum Gasteiger partial charge on any atom is 0.283 e. The minimum absolute atomic E-state index is 0.0344. The van der Waals surface area contributed by atoms with E-state index in [4.69, 9.17) is 0 Å². The third-order valence-corrected chi connectivity index (χ3v) is 3.68. The van der Waals surface area contributed by atoms with Crippen molar-refractivity contribution in [3.05, 3.63) is 39.0 Å². The predicted octanol–water partition coefficient (Wildman–Crippen LogP) is 2.56. The van der Waals surface area contributed by atoms with Crippen LogP contribution in [0.3, 0.4) is 0 Å².